The lowest BCUT2D eigenvalue weighted by atomic mass is 10.1. The molecule has 0 bridgehead atoms. The van der Waals surface area contributed by atoms with E-state index in [1.807, 2.05) is 23.4 Å². The fourth-order valence-corrected chi connectivity index (χ4v) is 2.49. The molecule has 0 saturated carbocycles. The third-order valence-corrected chi connectivity index (χ3v) is 3.60. The van der Waals surface area contributed by atoms with E-state index in [1.54, 1.807) is 30.4 Å². The molecule has 18 heavy (non-hydrogen) atoms. The zero-order chi connectivity index (χ0) is 13.1. The molecule has 1 heterocycles. The second-order valence-corrected chi connectivity index (χ2v) is 5.15. The van der Waals surface area contributed by atoms with Crippen LogP contribution in [0.2, 0.25) is 0 Å². The summed E-state index contributed by atoms with van der Waals surface area (Å²) in [6, 6.07) is 6.89. The van der Waals surface area contributed by atoms with E-state index in [0.717, 1.165) is 0 Å². The minimum absolute atomic E-state index is 0.300. The number of aliphatic hydroxyl groups excluding tert-OH is 1. The van der Waals surface area contributed by atoms with Crippen LogP contribution in [0.1, 0.15) is 24.2 Å². The number of aliphatic hydroxyl groups is 1. The van der Waals surface area contributed by atoms with Crippen molar-refractivity contribution in [2.24, 2.45) is 0 Å². The number of thiophene rings is 1. The summed E-state index contributed by atoms with van der Waals surface area (Å²) >= 11 is 1.63. The van der Waals surface area contributed by atoms with E-state index in [4.69, 9.17) is 0 Å². The fraction of sp³-hybridized carbons (Fsp3) is 0.286. The van der Waals surface area contributed by atoms with Crippen molar-refractivity contribution in [2.75, 3.05) is 11.9 Å². The molecule has 0 fully saturated rings. The molecule has 1 aromatic heterocycles. The number of hydrogen-bond donors (Lipinski definition) is 1. The summed E-state index contributed by atoms with van der Waals surface area (Å²) in [5.74, 6) is -0.300. The first-order valence-corrected chi connectivity index (χ1v) is 6.72. The average molecular weight is 265 g/mol. The Morgan fingerprint density at radius 1 is 1.39 bits per heavy atom. The van der Waals surface area contributed by atoms with Gasteiger partial charge in [0.2, 0.25) is 0 Å². The maximum Gasteiger partial charge on any atom is 0.146 e. The summed E-state index contributed by atoms with van der Waals surface area (Å²) < 4.78 is 13.9. The Morgan fingerprint density at radius 2 is 2.17 bits per heavy atom. The standard InChI is InChI=1S/C14H16FNOS/c1-10(17)12-3-4-14(13(15)7-12)16(2)8-11-5-6-18-9-11/h3-7,9-10,17H,8H2,1-2H3. The van der Waals surface area contributed by atoms with Gasteiger partial charge in [0.05, 0.1) is 11.8 Å². The Labute approximate surface area is 110 Å². The van der Waals surface area contributed by atoms with Crippen molar-refractivity contribution < 1.29 is 9.50 Å². The number of anilines is 1. The van der Waals surface area contributed by atoms with E-state index in [2.05, 4.69) is 5.38 Å². The van der Waals surface area contributed by atoms with Crippen molar-refractivity contribution in [2.45, 2.75) is 19.6 Å². The maximum atomic E-state index is 13.9. The van der Waals surface area contributed by atoms with Gasteiger partial charge in [-0.2, -0.15) is 11.3 Å². The molecular formula is C14H16FNOS. The highest BCUT2D eigenvalue weighted by atomic mass is 32.1. The van der Waals surface area contributed by atoms with Gasteiger partial charge in [0, 0.05) is 13.6 Å². The zero-order valence-electron chi connectivity index (χ0n) is 10.4. The lowest BCUT2D eigenvalue weighted by Crippen LogP contribution is -2.17. The molecule has 1 unspecified atom stereocenters. The lowest BCUT2D eigenvalue weighted by molar-refractivity contribution is 0.199. The molecule has 1 N–H and O–H groups in total. The van der Waals surface area contributed by atoms with Crippen molar-refractivity contribution in [3.8, 4) is 0 Å². The van der Waals surface area contributed by atoms with E-state index in [9.17, 15) is 9.50 Å². The fourth-order valence-electron chi connectivity index (χ4n) is 1.83. The quantitative estimate of drug-likeness (QED) is 0.913. The topological polar surface area (TPSA) is 23.5 Å². The van der Waals surface area contributed by atoms with Gasteiger partial charge >= 0.3 is 0 Å². The molecule has 0 amide bonds. The van der Waals surface area contributed by atoms with Crippen LogP contribution in [-0.2, 0) is 6.54 Å². The van der Waals surface area contributed by atoms with Crippen LogP contribution in [0.3, 0.4) is 0 Å². The number of hydrogen-bond acceptors (Lipinski definition) is 3. The first-order chi connectivity index (χ1) is 8.58. The second kappa shape index (κ2) is 5.50. The van der Waals surface area contributed by atoms with Crippen molar-refractivity contribution in [1.82, 2.24) is 0 Å². The van der Waals surface area contributed by atoms with Crippen LogP contribution in [-0.4, -0.2) is 12.2 Å². The maximum absolute atomic E-state index is 13.9. The summed E-state index contributed by atoms with van der Waals surface area (Å²) in [5, 5.41) is 13.5. The van der Waals surface area contributed by atoms with Gasteiger partial charge in [-0.15, -0.1) is 0 Å². The molecule has 0 spiro atoms. The Hall–Kier alpha value is -1.39. The Kier molecular flexibility index (Phi) is 3.99. The molecule has 4 heteroatoms. The summed E-state index contributed by atoms with van der Waals surface area (Å²) in [7, 11) is 1.86. The van der Waals surface area contributed by atoms with Crippen LogP contribution in [0, 0.1) is 5.82 Å². The van der Waals surface area contributed by atoms with Crippen LogP contribution in [0.25, 0.3) is 0 Å². The van der Waals surface area contributed by atoms with Crippen LogP contribution in [0.5, 0.6) is 0 Å². The molecule has 0 aliphatic rings. The highest BCUT2D eigenvalue weighted by Gasteiger charge is 2.11. The van der Waals surface area contributed by atoms with E-state index in [0.29, 0.717) is 17.8 Å². The predicted octanol–water partition coefficient (Wildman–Crippen LogP) is 3.58. The Morgan fingerprint density at radius 3 is 2.72 bits per heavy atom. The third kappa shape index (κ3) is 2.89. The Balaban J connectivity index is 2.17. The number of benzene rings is 1. The van der Waals surface area contributed by atoms with Crippen LogP contribution < -0.4 is 4.90 Å². The minimum Gasteiger partial charge on any atom is -0.389 e. The van der Waals surface area contributed by atoms with Crippen LogP contribution in [0.15, 0.2) is 35.0 Å². The first kappa shape index (κ1) is 13.1. The van der Waals surface area contributed by atoms with Gasteiger partial charge in [-0.1, -0.05) is 6.07 Å². The first-order valence-electron chi connectivity index (χ1n) is 5.77. The molecule has 0 radical (unpaired) electrons. The predicted molar refractivity (Wildman–Crippen MR) is 73.5 cm³/mol. The summed E-state index contributed by atoms with van der Waals surface area (Å²) in [5.41, 5.74) is 2.31. The molecule has 0 aliphatic carbocycles. The van der Waals surface area contributed by atoms with Gasteiger partial charge in [0.25, 0.3) is 0 Å². The summed E-state index contributed by atoms with van der Waals surface area (Å²) in [6.45, 7) is 2.30. The van der Waals surface area contributed by atoms with Crippen molar-refractivity contribution in [1.29, 1.82) is 0 Å². The molecule has 0 aliphatic heterocycles. The van der Waals surface area contributed by atoms with Gasteiger partial charge in [0.1, 0.15) is 5.82 Å². The molecule has 1 aromatic carbocycles. The van der Waals surface area contributed by atoms with Crippen molar-refractivity contribution >= 4 is 17.0 Å². The molecule has 2 nitrogen and oxygen atoms in total. The van der Waals surface area contributed by atoms with E-state index in [1.165, 1.54) is 11.6 Å². The van der Waals surface area contributed by atoms with E-state index in [-0.39, 0.29) is 5.82 Å². The monoisotopic (exact) mass is 265 g/mol. The summed E-state index contributed by atoms with van der Waals surface area (Å²) in [4.78, 5) is 1.86. The number of nitrogens with zero attached hydrogens (tertiary/aromatic N) is 1. The third-order valence-electron chi connectivity index (χ3n) is 2.87. The van der Waals surface area contributed by atoms with Crippen molar-refractivity contribution in [3.05, 3.63) is 52.0 Å². The molecular weight excluding hydrogens is 249 g/mol. The van der Waals surface area contributed by atoms with Gasteiger partial charge in [-0.05, 0) is 47.0 Å². The zero-order valence-corrected chi connectivity index (χ0v) is 11.2. The van der Waals surface area contributed by atoms with Crippen LogP contribution in [0.4, 0.5) is 10.1 Å². The van der Waals surface area contributed by atoms with Gasteiger partial charge in [-0.25, -0.2) is 4.39 Å². The van der Waals surface area contributed by atoms with E-state index >= 15 is 0 Å². The molecule has 1 atom stereocenters. The Bertz CT molecular complexity index is 511. The number of rotatable bonds is 4. The normalized spacial score (nSPS) is 12.4. The van der Waals surface area contributed by atoms with E-state index < -0.39 is 6.10 Å². The highest BCUT2D eigenvalue weighted by Crippen LogP contribution is 2.24. The summed E-state index contributed by atoms with van der Waals surface area (Å²) in [6.07, 6.45) is -0.643. The smallest absolute Gasteiger partial charge is 0.146 e. The van der Waals surface area contributed by atoms with Gasteiger partial charge in [-0.3, -0.25) is 0 Å². The molecule has 2 aromatic rings. The highest BCUT2D eigenvalue weighted by molar-refractivity contribution is 7.07. The SMILES string of the molecule is CC(O)c1ccc(N(C)Cc2ccsc2)c(F)c1. The van der Waals surface area contributed by atoms with Gasteiger partial charge < -0.3 is 10.0 Å². The van der Waals surface area contributed by atoms with Gasteiger partial charge in [0.15, 0.2) is 0 Å². The average Bonchev–Trinajstić information content (AvgIpc) is 2.81. The second-order valence-electron chi connectivity index (χ2n) is 4.37. The largest absolute Gasteiger partial charge is 0.389 e. The van der Waals surface area contributed by atoms with Crippen molar-refractivity contribution in [3.63, 3.8) is 0 Å². The molecule has 96 valence electrons. The molecule has 0 saturated heterocycles. The van der Waals surface area contributed by atoms with Crippen LogP contribution >= 0.6 is 11.3 Å². The minimum atomic E-state index is -0.643. The molecule has 2 rings (SSSR count). The number of halogens is 1. The lowest BCUT2D eigenvalue weighted by Gasteiger charge is -2.20.